The van der Waals surface area contributed by atoms with Gasteiger partial charge in [0.2, 0.25) is 5.12 Å². The second-order valence-electron chi connectivity index (χ2n) is 5.64. The van der Waals surface area contributed by atoms with Gasteiger partial charge in [0.1, 0.15) is 5.69 Å². The molecule has 0 saturated heterocycles. The Hall–Kier alpha value is -1.85. The third-order valence-corrected chi connectivity index (χ3v) is 4.59. The van der Waals surface area contributed by atoms with Crippen LogP contribution >= 0.6 is 35.8 Å². The highest BCUT2D eigenvalue weighted by Crippen LogP contribution is 2.34. The molecule has 0 bridgehead atoms. The van der Waals surface area contributed by atoms with Gasteiger partial charge in [-0.3, -0.25) is 4.79 Å². The zero-order valence-electron chi connectivity index (χ0n) is 13.9. The predicted octanol–water partition coefficient (Wildman–Crippen LogP) is 5.94. The Kier molecular flexibility index (Phi) is 5.99. The average Bonchev–Trinajstić information content (AvgIpc) is 2.63. The van der Waals surface area contributed by atoms with E-state index in [0.717, 1.165) is 16.7 Å². The average molecular weight is 404 g/mol. The number of carbonyl (C=O) groups excluding carboxylic acids is 1. The first-order valence-corrected chi connectivity index (χ1v) is 8.98. The number of pyridine rings is 1. The fraction of sp³-hybridized carbons (Fsp3) is 0.100. The van der Waals surface area contributed by atoms with Crippen molar-refractivity contribution in [1.82, 2.24) is 4.98 Å². The third-order valence-electron chi connectivity index (χ3n) is 3.88. The van der Waals surface area contributed by atoms with Crippen molar-refractivity contribution in [1.29, 1.82) is 0 Å². The highest BCUT2D eigenvalue weighted by molar-refractivity contribution is 7.97. The maximum atomic E-state index is 12.0. The number of thiol groups is 1. The summed E-state index contributed by atoms with van der Waals surface area (Å²) < 4.78 is 5.23. The van der Waals surface area contributed by atoms with Gasteiger partial charge in [0.05, 0.1) is 12.3 Å². The van der Waals surface area contributed by atoms with E-state index in [1.54, 1.807) is 19.2 Å². The lowest BCUT2D eigenvalue weighted by atomic mass is 9.96. The molecule has 2 aromatic carbocycles. The first kappa shape index (κ1) is 18.9. The Morgan fingerprint density at radius 1 is 1.00 bits per heavy atom. The molecule has 0 atom stereocenters. The molecule has 0 spiro atoms. The van der Waals surface area contributed by atoms with Crippen molar-refractivity contribution in [3.63, 3.8) is 0 Å². The lowest BCUT2D eigenvalue weighted by Gasteiger charge is -2.15. The number of hydrogen-bond acceptors (Lipinski definition) is 3. The van der Waals surface area contributed by atoms with E-state index in [1.807, 2.05) is 42.5 Å². The fourth-order valence-corrected chi connectivity index (χ4v) is 3.13. The summed E-state index contributed by atoms with van der Waals surface area (Å²) in [5.74, 6) is 0. The van der Waals surface area contributed by atoms with E-state index in [2.05, 4.69) is 17.6 Å². The largest absolute Gasteiger partial charge is 0.380 e. The van der Waals surface area contributed by atoms with Crippen LogP contribution in [0.3, 0.4) is 0 Å². The molecule has 26 heavy (non-hydrogen) atoms. The van der Waals surface area contributed by atoms with Crippen LogP contribution in [0.25, 0.3) is 22.4 Å². The summed E-state index contributed by atoms with van der Waals surface area (Å²) in [7, 11) is 1.57. The molecule has 0 amide bonds. The molecule has 0 radical (unpaired) electrons. The quantitative estimate of drug-likeness (QED) is 0.535. The SMILES string of the molecule is COCc1cc(-c2ccc(Cl)cc2)c(-c2ccc(Cl)cc2)nc1C(=O)S. The van der Waals surface area contributed by atoms with Crippen LogP contribution in [0.1, 0.15) is 16.1 Å². The Labute approximate surface area is 167 Å². The minimum atomic E-state index is -0.407. The smallest absolute Gasteiger partial charge is 0.235 e. The van der Waals surface area contributed by atoms with Crippen LogP contribution in [-0.2, 0) is 11.3 Å². The number of aromatic nitrogens is 1. The van der Waals surface area contributed by atoms with Crippen molar-refractivity contribution in [2.45, 2.75) is 6.61 Å². The first-order chi connectivity index (χ1) is 12.5. The summed E-state index contributed by atoms with van der Waals surface area (Å²) in [5.41, 5.74) is 4.27. The van der Waals surface area contributed by atoms with Gasteiger partial charge >= 0.3 is 0 Å². The number of methoxy groups -OCH3 is 1. The predicted molar refractivity (Wildman–Crippen MR) is 109 cm³/mol. The van der Waals surface area contributed by atoms with Crippen molar-refractivity contribution in [3.8, 4) is 22.4 Å². The van der Waals surface area contributed by atoms with Gasteiger partial charge in [0.15, 0.2) is 0 Å². The summed E-state index contributed by atoms with van der Waals surface area (Å²) in [5, 5.41) is 0.868. The van der Waals surface area contributed by atoms with Crippen molar-refractivity contribution >= 4 is 40.9 Å². The Morgan fingerprint density at radius 3 is 2.04 bits per heavy atom. The monoisotopic (exact) mass is 403 g/mol. The van der Waals surface area contributed by atoms with E-state index in [0.29, 0.717) is 21.3 Å². The van der Waals surface area contributed by atoms with E-state index in [4.69, 9.17) is 27.9 Å². The summed E-state index contributed by atoms with van der Waals surface area (Å²) in [6, 6.07) is 16.7. The maximum Gasteiger partial charge on any atom is 0.235 e. The Morgan fingerprint density at radius 2 is 1.54 bits per heavy atom. The van der Waals surface area contributed by atoms with Gasteiger partial charge in [-0.15, -0.1) is 0 Å². The molecule has 3 nitrogen and oxygen atoms in total. The lowest BCUT2D eigenvalue weighted by Crippen LogP contribution is -2.06. The molecule has 6 heteroatoms. The molecule has 0 unspecified atom stereocenters. The van der Waals surface area contributed by atoms with Crippen LogP contribution in [-0.4, -0.2) is 17.2 Å². The molecule has 132 valence electrons. The standard InChI is InChI=1S/C20H15Cl2NO2S/c1-25-11-14-10-17(12-2-6-15(21)7-3-12)18(23-19(14)20(24)26)13-4-8-16(22)9-5-13/h2-10H,11H2,1H3,(H,24,26). The van der Waals surface area contributed by atoms with Gasteiger partial charge in [0, 0.05) is 33.8 Å². The highest BCUT2D eigenvalue weighted by Gasteiger charge is 2.18. The van der Waals surface area contributed by atoms with E-state index < -0.39 is 5.12 Å². The summed E-state index contributed by atoms with van der Waals surface area (Å²) >= 11 is 16.0. The van der Waals surface area contributed by atoms with Crippen molar-refractivity contribution < 1.29 is 9.53 Å². The number of rotatable bonds is 5. The maximum absolute atomic E-state index is 12.0. The van der Waals surface area contributed by atoms with Crippen LogP contribution in [0.4, 0.5) is 0 Å². The highest BCUT2D eigenvalue weighted by atomic mass is 35.5. The van der Waals surface area contributed by atoms with E-state index >= 15 is 0 Å². The van der Waals surface area contributed by atoms with E-state index in [-0.39, 0.29) is 12.3 Å². The molecule has 0 fully saturated rings. The normalized spacial score (nSPS) is 10.8. The molecule has 1 aromatic heterocycles. The van der Waals surface area contributed by atoms with Crippen LogP contribution in [0.2, 0.25) is 10.0 Å². The van der Waals surface area contributed by atoms with E-state index in [1.165, 1.54) is 0 Å². The fourth-order valence-electron chi connectivity index (χ4n) is 2.68. The lowest BCUT2D eigenvalue weighted by molar-refractivity contribution is 0.108. The van der Waals surface area contributed by atoms with Crippen molar-refractivity contribution in [3.05, 3.63) is 75.9 Å². The minimum Gasteiger partial charge on any atom is -0.380 e. The molecular weight excluding hydrogens is 389 g/mol. The number of halogens is 2. The zero-order valence-corrected chi connectivity index (χ0v) is 16.3. The molecule has 1 heterocycles. The molecule has 0 aliphatic heterocycles. The Balaban J connectivity index is 2.27. The topological polar surface area (TPSA) is 39.2 Å². The van der Waals surface area contributed by atoms with Gasteiger partial charge < -0.3 is 4.74 Å². The van der Waals surface area contributed by atoms with Crippen LogP contribution in [0.15, 0.2) is 54.6 Å². The molecule has 3 aromatic rings. The van der Waals surface area contributed by atoms with Gasteiger partial charge in [-0.2, -0.15) is 0 Å². The number of carbonyl (C=O) groups is 1. The number of nitrogens with zero attached hydrogens (tertiary/aromatic N) is 1. The first-order valence-electron chi connectivity index (χ1n) is 7.77. The number of benzene rings is 2. The summed E-state index contributed by atoms with van der Waals surface area (Å²) in [4.78, 5) is 16.6. The molecule has 3 rings (SSSR count). The summed E-state index contributed by atoms with van der Waals surface area (Å²) in [6.45, 7) is 0.260. The number of ether oxygens (including phenoxy) is 1. The van der Waals surface area contributed by atoms with Crippen LogP contribution in [0, 0.1) is 0 Å². The van der Waals surface area contributed by atoms with Crippen molar-refractivity contribution in [2.24, 2.45) is 0 Å². The van der Waals surface area contributed by atoms with Crippen molar-refractivity contribution in [2.75, 3.05) is 7.11 Å². The zero-order chi connectivity index (χ0) is 18.7. The van der Waals surface area contributed by atoms with Crippen LogP contribution < -0.4 is 0 Å². The number of hydrogen-bond donors (Lipinski definition) is 1. The molecule has 0 N–H and O–H groups in total. The Bertz CT molecular complexity index is 941. The second kappa shape index (κ2) is 8.23. The molecular formula is C20H15Cl2NO2S. The minimum absolute atomic E-state index is 0.260. The van der Waals surface area contributed by atoms with Gasteiger partial charge in [-0.25, -0.2) is 4.98 Å². The third kappa shape index (κ3) is 4.10. The molecule has 0 aliphatic carbocycles. The van der Waals surface area contributed by atoms with Gasteiger partial charge in [0.25, 0.3) is 0 Å². The van der Waals surface area contributed by atoms with Crippen LogP contribution in [0.5, 0.6) is 0 Å². The molecule has 0 saturated carbocycles. The molecule has 0 aliphatic rings. The summed E-state index contributed by atoms with van der Waals surface area (Å²) in [6.07, 6.45) is 0. The second-order valence-corrected chi connectivity index (χ2v) is 6.92. The van der Waals surface area contributed by atoms with E-state index in [9.17, 15) is 4.79 Å². The van der Waals surface area contributed by atoms with Gasteiger partial charge in [-0.1, -0.05) is 60.1 Å². The van der Waals surface area contributed by atoms with Gasteiger partial charge in [-0.05, 0) is 35.9 Å².